The zero-order chi connectivity index (χ0) is 23.5. The van der Waals surface area contributed by atoms with Crippen LogP contribution in [-0.4, -0.2) is 25.5 Å². The van der Waals surface area contributed by atoms with Crippen LogP contribution in [0.4, 0.5) is 11.4 Å². The van der Waals surface area contributed by atoms with Crippen molar-refractivity contribution in [2.75, 3.05) is 23.9 Å². The molecule has 1 heterocycles. The first kappa shape index (κ1) is 22.4. The van der Waals surface area contributed by atoms with E-state index in [0.29, 0.717) is 40.1 Å². The number of hydrogen-bond donors (Lipinski definition) is 1. The van der Waals surface area contributed by atoms with Crippen molar-refractivity contribution in [1.29, 1.82) is 0 Å². The van der Waals surface area contributed by atoms with Crippen LogP contribution in [0.3, 0.4) is 0 Å². The van der Waals surface area contributed by atoms with Gasteiger partial charge in [-0.25, -0.2) is 4.90 Å². The molecule has 1 N–H and O–H groups in total. The van der Waals surface area contributed by atoms with E-state index in [1.54, 1.807) is 54.6 Å². The number of para-hydroxylation sites is 3. The fraction of sp³-hybridized carbons (Fsp3) is 0.154. The summed E-state index contributed by atoms with van der Waals surface area (Å²) in [6.07, 6.45) is 0. The molecule has 7 heteroatoms. The topological polar surface area (TPSA) is 67.9 Å². The summed E-state index contributed by atoms with van der Waals surface area (Å²) in [7, 11) is 1.52. The lowest BCUT2D eigenvalue weighted by Gasteiger charge is -2.18. The Balaban J connectivity index is 1.90. The molecule has 0 saturated carbocycles. The minimum atomic E-state index is -0.488. The van der Waals surface area contributed by atoms with E-state index in [1.807, 2.05) is 26.0 Å². The smallest absolute Gasteiger partial charge is 0.282 e. The van der Waals surface area contributed by atoms with Gasteiger partial charge in [0.25, 0.3) is 11.8 Å². The number of hydrogen-bond acceptors (Lipinski definition) is 5. The Hall–Kier alpha value is -3.77. The fourth-order valence-electron chi connectivity index (χ4n) is 3.77. The van der Waals surface area contributed by atoms with Gasteiger partial charge in [-0.1, -0.05) is 48.0 Å². The first-order valence-electron chi connectivity index (χ1n) is 10.5. The number of amides is 2. The van der Waals surface area contributed by atoms with Gasteiger partial charge in [-0.05, 0) is 49.7 Å². The van der Waals surface area contributed by atoms with Gasteiger partial charge in [0.1, 0.15) is 17.2 Å². The van der Waals surface area contributed by atoms with Crippen molar-refractivity contribution in [2.45, 2.75) is 13.8 Å². The number of aryl methyl sites for hydroxylation is 1. The molecule has 0 radical (unpaired) electrons. The number of nitrogens with zero attached hydrogens (tertiary/aromatic N) is 1. The Bertz CT molecular complexity index is 1270. The highest BCUT2D eigenvalue weighted by molar-refractivity contribution is 6.47. The van der Waals surface area contributed by atoms with Gasteiger partial charge in [-0.2, -0.15) is 0 Å². The molecule has 0 atom stereocenters. The maximum atomic E-state index is 13.7. The summed E-state index contributed by atoms with van der Waals surface area (Å²) in [5.41, 5.74) is 2.61. The van der Waals surface area contributed by atoms with E-state index in [1.165, 1.54) is 7.11 Å². The summed E-state index contributed by atoms with van der Waals surface area (Å²) in [6.45, 7) is 4.16. The summed E-state index contributed by atoms with van der Waals surface area (Å²) in [4.78, 5) is 28.6. The number of ether oxygens (including phenoxy) is 2. The maximum absolute atomic E-state index is 13.7. The summed E-state index contributed by atoms with van der Waals surface area (Å²) in [6, 6.07) is 19.5. The lowest BCUT2D eigenvalue weighted by molar-refractivity contribution is -0.120. The van der Waals surface area contributed by atoms with Gasteiger partial charge in [-0.15, -0.1) is 0 Å². The molecule has 0 fully saturated rings. The first-order valence-corrected chi connectivity index (χ1v) is 10.9. The van der Waals surface area contributed by atoms with Crippen LogP contribution in [0.5, 0.6) is 11.5 Å². The average molecular weight is 463 g/mol. The van der Waals surface area contributed by atoms with Crippen molar-refractivity contribution in [3.05, 3.63) is 88.6 Å². The summed E-state index contributed by atoms with van der Waals surface area (Å²) in [5.74, 6) is 0.101. The van der Waals surface area contributed by atoms with Crippen LogP contribution in [0.1, 0.15) is 18.1 Å². The van der Waals surface area contributed by atoms with E-state index in [2.05, 4.69) is 5.32 Å². The Kier molecular flexibility index (Phi) is 6.38. The van der Waals surface area contributed by atoms with Crippen LogP contribution in [0.25, 0.3) is 5.57 Å². The molecule has 3 aromatic rings. The predicted molar refractivity (Wildman–Crippen MR) is 130 cm³/mol. The molecule has 1 aliphatic rings. The minimum Gasteiger partial charge on any atom is -0.496 e. The van der Waals surface area contributed by atoms with Gasteiger partial charge >= 0.3 is 0 Å². The second-order valence-electron chi connectivity index (χ2n) is 7.38. The molecule has 0 aromatic heterocycles. The van der Waals surface area contributed by atoms with Crippen molar-refractivity contribution >= 4 is 40.4 Å². The van der Waals surface area contributed by atoms with Gasteiger partial charge in [0.05, 0.1) is 30.7 Å². The highest BCUT2D eigenvalue weighted by atomic mass is 35.5. The molecular formula is C26H23ClN2O4. The quantitative estimate of drug-likeness (QED) is 0.473. The Morgan fingerprint density at radius 2 is 1.64 bits per heavy atom. The molecular weight excluding hydrogens is 440 g/mol. The maximum Gasteiger partial charge on any atom is 0.282 e. The zero-order valence-corrected chi connectivity index (χ0v) is 19.3. The van der Waals surface area contributed by atoms with Crippen molar-refractivity contribution in [1.82, 2.24) is 0 Å². The molecule has 0 spiro atoms. The Morgan fingerprint density at radius 3 is 2.36 bits per heavy atom. The number of carbonyl (C=O) groups is 2. The highest BCUT2D eigenvalue weighted by Gasteiger charge is 2.42. The third kappa shape index (κ3) is 4.17. The van der Waals surface area contributed by atoms with Crippen LogP contribution < -0.4 is 19.7 Å². The van der Waals surface area contributed by atoms with E-state index in [4.69, 9.17) is 21.1 Å². The van der Waals surface area contributed by atoms with Crippen LogP contribution in [0.2, 0.25) is 5.02 Å². The van der Waals surface area contributed by atoms with Gasteiger partial charge in [0, 0.05) is 10.6 Å². The van der Waals surface area contributed by atoms with E-state index in [0.717, 1.165) is 10.5 Å². The van der Waals surface area contributed by atoms with E-state index in [-0.39, 0.29) is 11.3 Å². The fourth-order valence-corrected chi connectivity index (χ4v) is 3.94. The summed E-state index contributed by atoms with van der Waals surface area (Å²) in [5, 5.41) is 3.59. The monoisotopic (exact) mass is 462 g/mol. The van der Waals surface area contributed by atoms with Crippen LogP contribution in [0, 0.1) is 6.92 Å². The molecule has 0 unspecified atom stereocenters. The van der Waals surface area contributed by atoms with Gasteiger partial charge in [0.15, 0.2) is 0 Å². The minimum absolute atomic E-state index is 0.135. The van der Waals surface area contributed by atoms with Crippen LogP contribution in [0.15, 0.2) is 72.4 Å². The van der Waals surface area contributed by atoms with Crippen molar-refractivity contribution < 1.29 is 19.1 Å². The number of rotatable bonds is 7. The van der Waals surface area contributed by atoms with Gasteiger partial charge in [0.2, 0.25) is 0 Å². The molecule has 0 saturated heterocycles. The lowest BCUT2D eigenvalue weighted by atomic mass is 10.0. The number of carbonyl (C=O) groups excluding carboxylic acids is 2. The van der Waals surface area contributed by atoms with E-state index in [9.17, 15) is 9.59 Å². The predicted octanol–water partition coefficient (Wildman–Crippen LogP) is 5.45. The van der Waals surface area contributed by atoms with Gasteiger partial charge < -0.3 is 14.8 Å². The molecule has 0 aliphatic carbocycles. The van der Waals surface area contributed by atoms with E-state index < -0.39 is 11.8 Å². The molecule has 3 aromatic carbocycles. The number of methoxy groups -OCH3 is 1. The summed E-state index contributed by atoms with van der Waals surface area (Å²) >= 11 is 6.20. The molecule has 168 valence electrons. The van der Waals surface area contributed by atoms with Crippen LogP contribution in [-0.2, 0) is 9.59 Å². The molecule has 2 amide bonds. The number of anilines is 2. The number of benzene rings is 3. The number of imide groups is 1. The molecule has 4 rings (SSSR count). The van der Waals surface area contributed by atoms with E-state index >= 15 is 0 Å². The average Bonchev–Trinajstić information content (AvgIpc) is 3.06. The third-order valence-corrected chi connectivity index (χ3v) is 5.55. The first-order chi connectivity index (χ1) is 16.0. The van der Waals surface area contributed by atoms with Crippen LogP contribution >= 0.6 is 11.6 Å². The number of nitrogens with one attached hydrogen (secondary N) is 1. The largest absolute Gasteiger partial charge is 0.496 e. The summed E-state index contributed by atoms with van der Waals surface area (Å²) < 4.78 is 11.2. The zero-order valence-electron chi connectivity index (χ0n) is 18.5. The van der Waals surface area contributed by atoms with Crippen molar-refractivity contribution in [3.8, 4) is 11.5 Å². The van der Waals surface area contributed by atoms with Gasteiger partial charge in [-0.3, -0.25) is 9.59 Å². The van der Waals surface area contributed by atoms with Crippen molar-refractivity contribution in [3.63, 3.8) is 0 Å². The normalized spacial score (nSPS) is 13.5. The molecule has 0 bridgehead atoms. The SMILES string of the molecule is CCOc1ccccc1NC1=C(c2ccccc2OC)C(=O)N(c2cc(Cl)ccc2C)C1=O. The Morgan fingerprint density at radius 1 is 0.939 bits per heavy atom. The number of halogens is 1. The second kappa shape index (κ2) is 9.38. The second-order valence-corrected chi connectivity index (χ2v) is 7.82. The lowest BCUT2D eigenvalue weighted by Crippen LogP contribution is -2.33. The molecule has 1 aliphatic heterocycles. The Labute approximate surface area is 197 Å². The third-order valence-electron chi connectivity index (χ3n) is 5.32. The van der Waals surface area contributed by atoms with Crippen molar-refractivity contribution in [2.24, 2.45) is 0 Å². The molecule has 6 nitrogen and oxygen atoms in total. The highest BCUT2D eigenvalue weighted by Crippen LogP contribution is 2.39. The standard InChI is InChI=1S/C26H23ClN2O4/c1-4-33-22-12-8-6-10-19(22)28-24-23(18-9-5-7-11-21(18)32-3)25(30)29(26(24)31)20-15-17(27)14-13-16(20)2/h5-15,28H,4H2,1-3H3. The molecule has 33 heavy (non-hydrogen) atoms.